The molecule has 1 unspecified atom stereocenters. The highest BCUT2D eigenvalue weighted by atomic mass is 32.1. The Balaban J connectivity index is -0.000000500. The van der Waals surface area contributed by atoms with Gasteiger partial charge in [-0.1, -0.05) is 27.7 Å². The van der Waals surface area contributed by atoms with E-state index in [4.69, 9.17) is 10.5 Å². The van der Waals surface area contributed by atoms with E-state index < -0.39 is 17.9 Å². The first kappa shape index (κ1) is 36.4. The van der Waals surface area contributed by atoms with Gasteiger partial charge in [-0.15, -0.1) is 0 Å². The molecule has 0 aromatic carbocycles. The minimum atomic E-state index is -0.937. The Bertz CT molecular complexity index is 642. The lowest BCUT2D eigenvalue weighted by atomic mass is 9.96. The van der Waals surface area contributed by atoms with Crippen LogP contribution in [0.3, 0.4) is 0 Å². The standard InChI is InChI=1S/C11H24OS.C10H17N3O4.C2H5NO/c1-9(2)7-10(3,4)12-8-11(5,6)13;1-6(2)10(17)7(3-8(11)15)13-9(16)4-12-5-14;1-2(3)4/h9,13H,7-8H2,1-6H3;5-7H,3-4H2,1-2H3,(H2,11,15)(H,12,14)(H,13,16);1H3,(H2,3,4). The van der Waals surface area contributed by atoms with Crippen molar-refractivity contribution in [2.75, 3.05) is 13.2 Å². The number of nitrogens with one attached hydrogen (secondary N) is 2. The van der Waals surface area contributed by atoms with Crippen LogP contribution in [0, 0.1) is 11.8 Å². The monoisotopic (exact) mass is 506 g/mol. The number of carbonyl (C=O) groups excluding carboxylic acids is 5. The van der Waals surface area contributed by atoms with Crippen molar-refractivity contribution in [2.24, 2.45) is 23.3 Å². The molecule has 0 aromatic rings. The van der Waals surface area contributed by atoms with Crippen LogP contribution in [0.4, 0.5) is 0 Å². The quantitative estimate of drug-likeness (QED) is 0.186. The fourth-order valence-electron chi connectivity index (χ4n) is 2.62. The predicted octanol–water partition coefficient (Wildman–Crippen LogP) is 1.35. The molecular weight excluding hydrogens is 460 g/mol. The van der Waals surface area contributed by atoms with E-state index in [1.54, 1.807) is 13.8 Å². The molecule has 11 heteroatoms. The Morgan fingerprint density at radius 1 is 1.03 bits per heavy atom. The van der Waals surface area contributed by atoms with Crippen LogP contribution in [0.5, 0.6) is 0 Å². The van der Waals surface area contributed by atoms with Crippen molar-refractivity contribution in [1.29, 1.82) is 0 Å². The molecule has 0 aromatic heterocycles. The molecule has 0 fully saturated rings. The summed E-state index contributed by atoms with van der Waals surface area (Å²) in [6.07, 6.45) is 1.22. The van der Waals surface area contributed by atoms with Crippen LogP contribution in [0.15, 0.2) is 0 Å². The van der Waals surface area contributed by atoms with Gasteiger partial charge in [0.15, 0.2) is 5.78 Å². The maximum atomic E-state index is 11.7. The number of rotatable bonds is 13. The summed E-state index contributed by atoms with van der Waals surface area (Å²) in [5.41, 5.74) is 9.45. The van der Waals surface area contributed by atoms with E-state index in [0.717, 1.165) is 6.42 Å². The topological polar surface area (TPSA) is 171 Å². The molecule has 34 heavy (non-hydrogen) atoms. The molecule has 0 aliphatic carbocycles. The van der Waals surface area contributed by atoms with Crippen LogP contribution >= 0.6 is 12.6 Å². The first-order valence-electron chi connectivity index (χ1n) is 11.1. The summed E-state index contributed by atoms with van der Waals surface area (Å²) in [5, 5.41) is 4.51. The molecule has 0 heterocycles. The Kier molecular flexibility index (Phi) is 19.5. The van der Waals surface area contributed by atoms with Gasteiger partial charge in [-0.3, -0.25) is 24.0 Å². The van der Waals surface area contributed by atoms with Crippen LogP contribution in [-0.2, 0) is 28.7 Å². The highest BCUT2D eigenvalue weighted by molar-refractivity contribution is 7.81. The van der Waals surface area contributed by atoms with Crippen LogP contribution in [-0.4, -0.2) is 59.5 Å². The van der Waals surface area contributed by atoms with E-state index in [1.165, 1.54) is 6.92 Å². The second-order valence-corrected chi connectivity index (χ2v) is 11.1. The zero-order valence-electron chi connectivity index (χ0n) is 22.2. The molecule has 0 bridgehead atoms. The van der Waals surface area contributed by atoms with E-state index >= 15 is 0 Å². The van der Waals surface area contributed by atoms with Gasteiger partial charge in [-0.05, 0) is 40.0 Å². The lowest BCUT2D eigenvalue weighted by molar-refractivity contribution is -0.131. The number of Topliss-reactive ketones (excluding diaryl/α,β-unsaturated/α-hetero) is 1. The van der Waals surface area contributed by atoms with Crippen LogP contribution in [0.1, 0.15) is 75.2 Å². The summed E-state index contributed by atoms with van der Waals surface area (Å²) in [6, 6.07) is -0.937. The molecule has 0 aliphatic heterocycles. The Morgan fingerprint density at radius 2 is 1.50 bits per heavy atom. The second-order valence-electron chi connectivity index (χ2n) is 9.92. The molecule has 0 rings (SSSR count). The zero-order valence-corrected chi connectivity index (χ0v) is 23.1. The second kappa shape index (κ2) is 18.2. The van der Waals surface area contributed by atoms with Gasteiger partial charge >= 0.3 is 0 Å². The van der Waals surface area contributed by atoms with Gasteiger partial charge in [0.25, 0.3) is 0 Å². The Morgan fingerprint density at radius 3 is 1.82 bits per heavy atom. The zero-order chi connectivity index (χ0) is 27.7. The van der Waals surface area contributed by atoms with Crippen LogP contribution in [0.2, 0.25) is 0 Å². The van der Waals surface area contributed by atoms with Crippen molar-refractivity contribution in [3.05, 3.63) is 0 Å². The third-order valence-corrected chi connectivity index (χ3v) is 3.84. The Labute approximate surface area is 210 Å². The number of amides is 4. The van der Waals surface area contributed by atoms with E-state index in [9.17, 15) is 24.0 Å². The third-order valence-electron chi connectivity index (χ3n) is 3.71. The molecule has 0 aliphatic rings. The minimum Gasteiger partial charge on any atom is -0.374 e. The predicted molar refractivity (Wildman–Crippen MR) is 137 cm³/mol. The summed E-state index contributed by atoms with van der Waals surface area (Å²) in [6.45, 7) is 18.0. The molecule has 0 spiro atoms. The summed E-state index contributed by atoms with van der Waals surface area (Å²) in [4.78, 5) is 52.9. The molecule has 1 atom stereocenters. The van der Waals surface area contributed by atoms with E-state index in [1.807, 2.05) is 0 Å². The fraction of sp³-hybridized carbons (Fsp3) is 0.783. The van der Waals surface area contributed by atoms with Crippen LogP contribution in [0.25, 0.3) is 0 Å². The third kappa shape index (κ3) is 27.9. The van der Waals surface area contributed by atoms with Gasteiger partial charge in [0.2, 0.25) is 24.1 Å². The number of carbonyl (C=O) groups is 5. The average molecular weight is 507 g/mol. The van der Waals surface area contributed by atoms with Gasteiger partial charge in [-0.25, -0.2) is 0 Å². The molecule has 6 N–H and O–H groups in total. The minimum absolute atomic E-state index is 0.0197. The molecular formula is C23H46N4O6S. The number of nitrogens with two attached hydrogens (primary N) is 2. The number of hydrogen-bond donors (Lipinski definition) is 5. The van der Waals surface area contributed by atoms with Crippen molar-refractivity contribution in [2.45, 2.75) is 91.5 Å². The first-order valence-corrected chi connectivity index (χ1v) is 11.6. The number of thiol groups is 1. The SMILES string of the molecule is CC(C)C(=O)C(CC(N)=O)NC(=O)CNC=O.CC(C)CC(C)(C)OCC(C)(C)S.CC(N)=O. The van der Waals surface area contributed by atoms with Crippen molar-refractivity contribution in [1.82, 2.24) is 10.6 Å². The van der Waals surface area contributed by atoms with Crippen molar-refractivity contribution < 1.29 is 28.7 Å². The summed E-state index contributed by atoms with van der Waals surface area (Å²) in [5.74, 6) is -1.47. The summed E-state index contributed by atoms with van der Waals surface area (Å²) in [7, 11) is 0. The van der Waals surface area contributed by atoms with Crippen LogP contribution < -0.4 is 22.1 Å². The largest absolute Gasteiger partial charge is 0.374 e. The molecule has 0 saturated heterocycles. The fourth-order valence-corrected chi connectivity index (χ4v) is 2.68. The van der Waals surface area contributed by atoms with Crippen molar-refractivity contribution >= 4 is 42.5 Å². The molecule has 4 amide bonds. The normalized spacial score (nSPS) is 11.9. The summed E-state index contributed by atoms with van der Waals surface area (Å²) >= 11 is 4.43. The number of hydrogen-bond acceptors (Lipinski definition) is 7. The molecule has 0 radical (unpaired) electrons. The average Bonchev–Trinajstić information content (AvgIpc) is 2.62. The van der Waals surface area contributed by atoms with Crippen molar-refractivity contribution in [3.63, 3.8) is 0 Å². The Hall–Kier alpha value is -2.14. The van der Waals surface area contributed by atoms with E-state index in [2.05, 4.69) is 70.5 Å². The van der Waals surface area contributed by atoms with Gasteiger partial charge in [-0.2, -0.15) is 12.6 Å². The van der Waals surface area contributed by atoms with Gasteiger partial charge in [0, 0.05) is 17.6 Å². The lowest BCUT2D eigenvalue weighted by Crippen LogP contribution is -2.47. The van der Waals surface area contributed by atoms with Crippen molar-refractivity contribution in [3.8, 4) is 0 Å². The van der Waals surface area contributed by atoms with Gasteiger partial charge in [0.05, 0.1) is 31.2 Å². The molecule has 0 saturated carbocycles. The molecule has 10 nitrogen and oxygen atoms in total. The number of primary amides is 2. The maximum absolute atomic E-state index is 11.7. The highest BCUT2D eigenvalue weighted by Gasteiger charge is 2.25. The number of ketones is 1. The maximum Gasteiger partial charge on any atom is 0.239 e. The van der Waals surface area contributed by atoms with E-state index in [-0.39, 0.29) is 40.9 Å². The molecule has 200 valence electrons. The van der Waals surface area contributed by atoms with Gasteiger partial charge < -0.3 is 26.8 Å². The number of ether oxygens (including phenoxy) is 1. The first-order chi connectivity index (χ1) is 15.2. The van der Waals surface area contributed by atoms with E-state index in [0.29, 0.717) is 18.9 Å². The van der Waals surface area contributed by atoms with Gasteiger partial charge in [0.1, 0.15) is 0 Å². The summed E-state index contributed by atoms with van der Waals surface area (Å²) < 4.78 is 5.79. The highest BCUT2D eigenvalue weighted by Crippen LogP contribution is 2.23. The smallest absolute Gasteiger partial charge is 0.239 e. The lowest BCUT2D eigenvalue weighted by Gasteiger charge is -2.30.